The zero-order chi connectivity index (χ0) is 13.0. The molecule has 1 heterocycles. The quantitative estimate of drug-likeness (QED) is 0.746. The lowest BCUT2D eigenvalue weighted by Crippen LogP contribution is -2.34. The number of ketones is 1. The highest BCUT2D eigenvalue weighted by molar-refractivity contribution is 7.10. The molecule has 0 aliphatic heterocycles. The standard InChI is InChI=1S/C15H22O2S/c1-3-17-15(12-7-5-4-6-8-12)14(16)13-9-10-18-11(13)2/h9-10,12,15H,3-8H2,1-2H3. The molecule has 0 amide bonds. The number of hydrogen-bond acceptors (Lipinski definition) is 3. The van der Waals surface area contributed by atoms with Gasteiger partial charge in [0.1, 0.15) is 6.10 Å². The van der Waals surface area contributed by atoms with Gasteiger partial charge in [-0.15, -0.1) is 11.3 Å². The molecular formula is C15H22O2S. The Bertz CT molecular complexity index is 391. The lowest BCUT2D eigenvalue weighted by molar-refractivity contribution is 0.0127. The Morgan fingerprint density at radius 1 is 1.44 bits per heavy atom. The first-order valence-corrected chi connectivity index (χ1v) is 7.82. The van der Waals surface area contributed by atoms with Gasteiger partial charge in [-0.2, -0.15) is 0 Å². The van der Waals surface area contributed by atoms with Crippen LogP contribution in [0.4, 0.5) is 0 Å². The summed E-state index contributed by atoms with van der Waals surface area (Å²) >= 11 is 1.64. The maximum atomic E-state index is 12.6. The second kappa shape index (κ2) is 6.48. The second-order valence-corrected chi connectivity index (χ2v) is 6.15. The summed E-state index contributed by atoms with van der Waals surface area (Å²) in [5, 5.41) is 1.99. The fourth-order valence-corrected chi connectivity index (χ4v) is 3.54. The molecule has 0 saturated heterocycles. The minimum absolute atomic E-state index is 0.197. The van der Waals surface area contributed by atoms with Crippen molar-refractivity contribution in [3.63, 3.8) is 0 Å². The smallest absolute Gasteiger partial charge is 0.192 e. The van der Waals surface area contributed by atoms with Crippen LogP contribution in [0.15, 0.2) is 11.4 Å². The lowest BCUT2D eigenvalue weighted by atomic mass is 9.82. The van der Waals surface area contributed by atoms with Crippen LogP contribution in [0, 0.1) is 12.8 Å². The van der Waals surface area contributed by atoms with E-state index in [1.54, 1.807) is 11.3 Å². The molecule has 0 N–H and O–H groups in total. The van der Waals surface area contributed by atoms with Crippen molar-refractivity contribution in [3.05, 3.63) is 21.9 Å². The van der Waals surface area contributed by atoms with Crippen molar-refractivity contribution in [3.8, 4) is 0 Å². The number of Topliss-reactive ketones (excluding diaryl/α,β-unsaturated/α-hetero) is 1. The number of aryl methyl sites for hydroxylation is 1. The first-order valence-electron chi connectivity index (χ1n) is 6.94. The van der Waals surface area contributed by atoms with Crippen LogP contribution in [0.5, 0.6) is 0 Å². The first kappa shape index (κ1) is 13.8. The Hall–Kier alpha value is -0.670. The van der Waals surface area contributed by atoms with Crippen LogP contribution >= 0.6 is 11.3 Å². The van der Waals surface area contributed by atoms with E-state index < -0.39 is 0 Å². The second-order valence-electron chi connectivity index (χ2n) is 5.03. The monoisotopic (exact) mass is 266 g/mol. The Balaban J connectivity index is 2.13. The average molecular weight is 266 g/mol. The fourth-order valence-electron chi connectivity index (χ4n) is 2.84. The third kappa shape index (κ3) is 3.01. The summed E-state index contributed by atoms with van der Waals surface area (Å²) < 4.78 is 5.78. The van der Waals surface area contributed by atoms with Gasteiger partial charge in [0, 0.05) is 17.0 Å². The molecule has 1 aromatic heterocycles. The van der Waals surface area contributed by atoms with E-state index in [9.17, 15) is 4.79 Å². The Kier molecular flexibility index (Phi) is 4.95. The maximum absolute atomic E-state index is 12.6. The van der Waals surface area contributed by atoms with E-state index in [1.165, 1.54) is 19.3 Å². The van der Waals surface area contributed by atoms with Gasteiger partial charge in [0.2, 0.25) is 0 Å². The zero-order valence-electron chi connectivity index (χ0n) is 11.3. The minimum Gasteiger partial charge on any atom is -0.370 e. The largest absolute Gasteiger partial charge is 0.370 e. The van der Waals surface area contributed by atoms with E-state index in [0.29, 0.717) is 12.5 Å². The number of rotatable bonds is 5. The lowest BCUT2D eigenvalue weighted by Gasteiger charge is -2.29. The predicted octanol–water partition coefficient (Wildman–Crippen LogP) is 4.22. The van der Waals surface area contributed by atoms with Crippen molar-refractivity contribution in [1.29, 1.82) is 0 Å². The van der Waals surface area contributed by atoms with Crippen molar-refractivity contribution in [2.24, 2.45) is 5.92 Å². The zero-order valence-corrected chi connectivity index (χ0v) is 12.1. The highest BCUT2D eigenvalue weighted by atomic mass is 32.1. The van der Waals surface area contributed by atoms with Crippen LogP contribution in [0.2, 0.25) is 0 Å². The highest BCUT2D eigenvalue weighted by Gasteiger charge is 2.31. The number of ether oxygens (including phenoxy) is 1. The summed E-state index contributed by atoms with van der Waals surface area (Å²) in [6.07, 6.45) is 5.85. The highest BCUT2D eigenvalue weighted by Crippen LogP contribution is 2.30. The molecule has 1 atom stereocenters. The third-order valence-corrected chi connectivity index (χ3v) is 4.65. The molecular weight excluding hydrogens is 244 g/mol. The topological polar surface area (TPSA) is 26.3 Å². The van der Waals surface area contributed by atoms with Gasteiger partial charge in [-0.3, -0.25) is 4.79 Å². The summed E-state index contributed by atoms with van der Waals surface area (Å²) in [6.45, 7) is 4.61. The molecule has 1 aliphatic carbocycles. The molecule has 100 valence electrons. The molecule has 0 spiro atoms. The summed E-state index contributed by atoms with van der Waals surface area (Å²) in [6, 6.07) is 1.94. The van der Waals surface area contributed by atoms with Crippen LogP contribution in [-0.2, 0) is 4.74 Å². The van der Waals surface area contributed by atoms with Crippen LogP contribution in [0.3, 0.4) is 0 Å². The van der Waals surface area contributed by atoms with Gasteiger partial charge in [0.25, 0.3) is 0 Å². The molecule has 18 heavy (non-hydrogen) atoms. The predicted molar refractivity (Wildman–Crippen MR) is 75.4 cm³/mol. The molecule has 1 fully saturated rings. The van der Waals surface area contributed by atoms with Gasteiger partial charge in [0.05, 0.1) is 0 Å². The summed E-state index contributed by atoms with van der Waals surface area (Å²) in [5.41, 5.74) is 0.865. The molecule has 1 saturated carbocycles. The van der Waals surface area contributed by atoms with Gasteiger partial charge in [0.15, 0.2) is 5.78 Å². The van der Waals surface area contributed by atoms with E-state index in [-0.39, 0.29) is 11.9 Å². The van der Waals surface area contributed by atoms with Gasteiger partial charge in [-0.1, -0.05) is 19.3 Å². The summed E-state index contributed by atoms with van der Waals surface area (Å²) in [5.74, 6) is 0.619. The SMILES string of the molecule is CCOC(C(=O)c1ccsc1C)C1CCCCC1. The minimum atomic E-state index is -0.219. The Morgan fingerprint density at radius 2 is 2.17 bits per heavy atom. The van der Waals surface area contributed by atoms with Crippen LogP contribution in [0.1, 0.15) is 54.3 Å². The molecule has 0 aromatic carbocycles. The van der Waals surface area contributed by atoms with Gasteiger partial charge in [-0.05, 0) is 44.1 Å². The Labute approximate surface area is 113 Å². The molecule has 3 heteroatoms. The summed E-state index contributed by atoms with van der Waals surface area (Å²) in [7, 11) is 0. The summed E-state index contributed by atoms with van der Waals surface area (Å²) in [4.78, 5) is 13.7. The van der Waals surface area contributed by atoms with Crippen molar-refractivity contribution >= 4 is 17.1 Å². The van der Waals surface area contributed by atoms with Crippen molar-refractivity contribution in [2.45, 2.75) is 52.1 Å². The fraction of sp³-hybridized carbons (Fsp3) is 0.667. The third-order valence-electron chi connectivity index (χ3n) is 3.81. The number of carbonyl (C=O) groups excluding carboxylic acids is 1. The maximum Gasteiger partial charge on any atom is 0.192 e. The molecule has 1 aliphatic rings. The van der Waals surface area contributed by atoms with Crippen LogP contribution < -0.4 is 0 Å². The van der Waals surface area contributed by atoms with Crippen molar-refractivity contribution < 1.29 is 9.53 Å². The number of thiophene rings is 1. The van der Waals surface area contributed by atoms with E-state index in [1.807, 2.05) is 25.3 Å². The van der Waals surface area contributed by atoms with Gasteiger partial charge < -0.3 is 4.74 Å². The first-order chi connectivity index (χ1) is 8.74. The van der Waals surface area contributed by atoms with Crippen LogP contribution in [-0.4, -0.2) is 18.5 Å². The molecule has 2 nitrogen and oxygen atoms in total. The van der Waals surface area contributed by atoms with Crippen molar-refractivity contribution in [1.82, 2.24) is 0 Å². The van der Waals surface area contributed by atoms with Gasteiger partial charge in [-0.25, -0.2) is 0 Å². The number of carbonyl (C=O) groups is 1. The van der Waals surface area contributed by atoms with Crippen molar-refractivity contribution in [2.75, 3.05) is 6.61 Å². The normalized spacial score (nSPS) is 18.8. The number of hydrogen-bond donors (Lipinski definition) is 0. The Morgan fingerprint density at radius 3 is 2.72 bits per heavy atom. The van der Waals surface area contributed by atoms with Crippen LogP contribution in [0.25, 0.3) is 0 Å². The molecule has 1 unspecified atom stereocenters. The molecule has 0 bridgehead atoms. The average Bonchev–Trinajstić information content (AvgIpc) is 2.82. The molecule has 0 radical (unpaired) electrons. The molecule has 2 rings (SSSR count). The van der Waals surface area contributed by atoms with Gasteiger partial charge >= 0.3 is 0 Å². The molecule has 1 aromatic rings. The van der Waals surface area contributed by atoms with E-state index in [4.69, 9.17) is 4.74 Å². The van der Waals surface area contributed by atoms with E-state index in [2.05, 4.69) is 0 Å². The van der Waals surface area contributed by atoms with E-state index >= 15 is 0 Å². The van der Waals surface area contributed by atoms with E-state index in [0.717, 1.165) is 23.3 Å².